The van der Waals surface area contributed by atoms with Crippen LogP contribution in [0.4, 0.5) is 0 Å². The molecule has 0 amide bonds. The van der Waals surface area contributed by atoms with E-state index in [1.54, 1.807) is 0 Å². The number of β-amino-alcohol motifs (C(OH)–C–C–N with tert-alkyl or cyclic N) is 1. The molecular weight excluding hydrogens is 266 g/mol. The zero-order valence-electron chi connectivity index (χ0n) is 9.13. The van der Waals surface area contributed by atoms with E-state index >= 15 is 0 Å². The SMILES string of the molecule is COc1cc(Cl)ccc1S(=O)(=O)N1CC(O)C1. The number of halogens is 1. The Morgan fingerprint density at radius 3 is 2.65 bits per heavy atom. The van der Waals surface area contributed by atoms with Crippen LogP contribution in [0.15, 0.2) is 23.1 Å². The first-order valence-electron chi connectivity index (χ1n) is 4.97. The molecule has 1 aromatic carbocycles. The fourth-order valence-electron chi connectivity index (χ4n) is 1.61. The molecule has 1 heterocycles. The molecule has 1 aromatic rings. The lowest BCUT2D eigenvalue weighted by molar-refractivity contribution is 0.0547. The number of rotatable bonds is 3. The Morgan fingerprint density at radius 1 is 1.47 bits per heavy atom. The Morgan fingerprint density at radius 2 is 2.12 bits per heavy atom. The third-order valence-electron chi connectivity index (χ3n) is 2.57. The molecule has 0 unspecified atom stereocenters. The van der Waals surface area contributed by atoms with E-state index in [0.29, 0.717) is 5.02 Å². The quantitative estimate of drug-likeness (QED) is 0.884. The summed E-state index contributed by atoms with van der Waals surface area (Å²) >= 11 is 5.77. The van der Waals surface area contributed by atoms with Gasteiger partial charge in [-0.2, -0.15) is 4.31 Å². The van der Waals surface area contributed by atoms with Crippen molar-refractivity contribution in [3.63, 3.8) is 0 Å². The second-order valence-electron chi connectivity index (χ2n) is 3.77. The second-order valence-corrected chi connectivity index (χ2v) is 6.11. The number of hydrogen-bond acceptors (Lipinski definition) is 4. The molecule has 1 aliphatic heterocycles. The normalized spacial score (nSPS) is 17.8. The van der Waals surface area contributed by atoms with Crippen molar-refractivity contribution in [2.75, 3.05) is 20.2 Å². The minimum Gasteiger partial charge on any atom is -0.495 e. The van der Waals surface area contributed by atoms with Crippen molar-refractivity contribution >= 4 is 21.6 Å². The van der Waals surface area contributed by atoms with Gasteiger partial charge in [-0.15, -0.1) is 0 Å². The van der Waals surface area contributed by atoms with Crippen LogP contribution in [0.5, 0.6) is 5.75 Å². The van der Waals surface area contributed by atoms with Crippen LogP contribution in [0, 0.1) is 0 Å². The number of methoxy groups -OCH3 is 1. The summed E-state index contributed by atoms with van der Waals surface area (Å²) < 4.78 is 30.5. The molecule has 7 heteroatoms. The molecule has 1 aliphatic rings. The number of aliphatic hydroxyl groups is 1. The van der Waals surface area contributed by atoms with Gasteiger partial charge in [-0.1, -0.05) is 11.6 Å². The second kappa shape index (κ2) is 4.45. The molecule has 1 saturated heterocycles. The Labute approximate surface area is 105 Å². The standard InChI is InChI=1S/C10H12ClNO4S/c1-16-9-4-7(11)2-3-10(9)17(14,15)12-5-8(13)6-12/h2-4,8,13H,5-6H2,1H3. The van der Waals surface area contributed by atoms with Crippen LogP contribution in [-0.4, -0.2) is 44.1 Å². The fourth-order valence-corrected chi connectivity index (χ4v) is 3.42. The molecule has 1 fully saturated rings. The van der Waals surface area contributed by atoms with Gasteiger partial charge in [0.15, 0.2) is 0 Å². The maximum absolute atomic E-state index is 12.1. The van der Waals surface area contributed by atoms with E-state index in [9.17, 15) is 8.42 Å². The van der Waals surface area contributed by atoms with E-state index in [1.807, 2.05) is 0 Å². The molecule has 0 aliphatic carbocycles. The Hall–Kier alpha value is -0.820. The summed E-state index contributed by atoms with van der Waals surface area (Å²) in [5.41, 5.74) is 0. The van der Waals surface area contributed by atoms with E-state index in [-0.39, 0.29) is 23.7 Å². The van der Waals surface area contributed by atoms with Crippen molar-refractivity contribution < 1.29 is 18.3 Å². The minimum atomic E-state index is -3.60. The van der Waals surface area contributed by atoms with Gasteiger partial charge >= 0.3 is 0 Å². The molecule has 0 saturated carbocycles. The number of hydrogen-bond donors (Lipinski definition) is 1. The monoisotopic (exact) mass is 277 g/mol. The molecule has 0 radical (unpaired) electrons. The van der Waals surface area contributed by atoms with Gasteiger partial charge in [-0.3, -0.25) is 0 Å². The van der Waals surface area contributed by atoms with Crippen molar-refractivity contribution in [3.05, 3.63) is 23.2 Å². The van der Waals surface area contributed by atoms with Gasteiger partial charge in [0.25, 0.3) is 0 Å². The molecule has 0 aromatic heterocycles. The van der Waals surface area contributed by atoms with Crippen LogP contribution >= 0.6 is 11.6 Å². The number of sulfonamides is 1. The van der Waals surface area contributed by atoms with E-state index in [4.69, 9.17) is 21.4 Å². The lowest BCUT2D eigenvalue weighted by Gasteiger charge is -2.34. The molecule has 1 N–H and O–H groups in total. The van der Waals surface area contributed by atoms with Gasteiger partial charge in [0.05, 0.1) is 13.2 Å². The fraction of sp³-hybridized carbons (Fsp3) is 0.400. The number of ether oxygens (including phenoxy) is 1. The predicted octanol–water partition coefficient (Wildman–Crippen LogP) is 0.714. The van der Waals surface area contributed by atoms with Gasteiger partial charge in [0.1, 0.15) is 10.6 Å². The Kier molecular flexibility index (Phi) is 3.31. The lowest BCUT2D eigenvalue weighted by atomic mass is 10.2. The summed E-state index contributed by atoms with van der Waals surface area (Å²) in [4.78, 5) is 0.0660. The van der Waals surface area contributed by atoms with Crippen molar-refractivity contribution in [2.24, 2.45) is 0 Å². The van der Waals surface area contributed by atoms with Gasteiger partial charge in [0.2, 0.25) is 10.0 Å². The zero-order valence-corrected chi connectivity index (χ0v) is 10.7. The van der Waals surface area contributed by atoms with Crippen molar-refractivity contribution in [3.8, 4) is 5.75 Å². The first-order valence-corrected chi connectivity index (χ1v) is 6.78. The van der Waals surface area contributed by atoms with Crippen LogP contribution in [0.1, 0.15) is 0 Å². The highest BCUT2D eigenvalue weighted by Gasteiger charge is 2.37. The minimum absolute atomic E-state index is 0.0660. The first kappa shape index (κ1) is 12.6. The smallest absolute Gasteiger partial charge is 0.246 e. The Bertz CT molecular complexity index is 525. The van der Waals surface area contributed by atoms with Gasteiger partial charge in [-0.05, 0) is 12.1 Å². The van der Waals surface area contributed by atoms with E-state index < -0.39 is 16.1 Å². The van der Waals surface area contributed by atoms with Crippen LogP contribution in [0.3, 0.4) is 0 Å². The molecule has 2 rings (SSSR count). The first-order chi connectivity index (χ1) is 7.95. The highest BCUT2D eigenvalue weighted by molar-refractivity contribution is 7.89. The highest BCUT2D eigenvalue weighted by Crippen LogP contribution is 2.31. The largest absolute Gasteiger partial charge is 0.495 e. The van der Waals surface area contributed by atoms with Crippen molar-refractivity contribution in [1.29, 1.82) is 0 Å². The van der Waals surface area contributed by atoms with E-state index in [0.717, 1.165) is 0 Å². The van der Waals surface area contributed by atoms with Crippen LogP contribution in [-0.2, 0) is 10.0 Å². The van der Waals surface area contributed by atoms with Crippen LogP contribution in [0.25, 0.3) is 0 Å². The highest BCUT2D eigenvalue weighted by atomic mass is 35.5. The van der Waals surface area contributed by atoms with E-state index in [1.165, 1.54) is 29.6 Å². The maximum atomic E-state index is 12.1. The summed E-state index contributed by atoms with van der Waals surface area (Å²) in [6.45, 7) is 0.238. The molecule has 0 atom stereocenters. The van der Waals surface area contributed by atoms with Gasteiger partial charge in [-0.25, -0.2) is 8.42 Å². The van der Waals surface area contributed by atoms with E-state index in [2.05, 4.69) is 0 Å². The molecule has 0 spiro atoms. The average molecular weight is 278 g/mol. The summed E-state index contributed by atoms with van der Waals surface area (Å²) in [5.74, 6) is 0.207. The summed E-state index contributed by atoms with van der Waals surface area (Å²) in [5, 5.41) is 9.55. The number of benzene rings is 1. The van der Waals surface area contributed by atoms with Crippen molar-refractivity contribution in [1.82, 2.24) is 4.31 Å². The molecular formula is C10H12ClNO4S. The molecule has 5 nitrogen and oxygen atoms in total. The maximum Gasteiger partial charge on any atom is 0.246 e. The third kappa shape index (κ3) is 2.26. The van der Waals surface area contributed by atoms with Crippen molar-refractivity contribution in [2.45, 2.75) is 11.0 Å². The van der Waals surface area contributed by atoms with Crippen LogP contribution in [0.2, 0.25) is 5.02 Å². The van der Waals surface area contributed by atoms with Crippen LogP contribution < -0.4 is 4.74 Å². The molecule has 17 heavy (non-hydrogen) atoms. The summed E-state index contributed by atoms with van der Waals surface area (Å²) in [6, 6.07) is 4.35. The zero-order chi connectivity index (χ0) is 12.6. The lowest BCUT2D eigenvalue weighted by Crippen LogP contribution is -2.53. The molecule has 94 valence electrons. The number of nitrogens with zero attached hydrogens (tertiary/aromatic N) is 1. The third-order valence-corrected chi connectivity index (χ3v) is 4.68. The Balaban J connectivity index is 2.39. The van der Waals surface area contributed by atoms with Gasteiger partial charge < -0.3 is 9.84 Å². The number of aliphatic hydroxyl groups excluding tert-OH is 1. The molecule has 0 bridgehead atoms. The topological polar surface area (TPSA) is 66.8 Å². The summed E-state index contributed by atoms with van der Waals surface area (Å²) in [7, 11) is -2.22. The predicted molar refractivity (Wildman–Crippen MR) is 62.8 cm³/mol. The van der Waals surface area contributed by atoms with Gasteiger partial charge in [0, 0.05) is 24.2 Å². The summed E-state index contributed by atoms with van der Waals surface area (Å²) in [6.07, 6.45) is -0.580. The average Bonchev–Trinajstić information content (AvgIpc) is 2.24.